The molecule has 1 aromatic heterocycles. The van der Waals surface area contributed by atoms with E-state index >= 15 is 0 Å². The minimum atomic E-state index is -4.68. The average molecular weight is 507 g/mol. The van der Waals surface area contributed by atoms with E-state index in [2.05, 4.69) is 15.3 Å². The Morgan fingerprint density at radius 1 is 1.23 bits per heavy atom. The molecule has 2 N–H and O–H groups in total. The predicted octanol–water partition coefficient (Wildman–Crippen LogP) is 2.62. The van der Waals surface area contributed by atoms with Crippen molar-refractivity contribution in [1.29, 1.82) is 0 Å². The van der Waals surface area contributed by atoms with Crippen molar-refractivity contribution in [3.05, 3.63) is 22.8 Å². The van der Waals surface area contributed by atoms with Crippen LogP contribution in [0, 0.1) is 0 Å². The zero-order valence-electron chi connectivity index (χ0n) is 19.0. The highest BCUT2D eigenvalue weighted by atomic mass is 19.4. The van der Waals surface area contributed by atoms with E-state index in [1.807, 2.05) is 0 Å². The lowest BCUT2D eigenvalue weighted by Gasteiger charge is -2.35. The number of carbonyl (C=O) groups is 3. The van der Waals surface area contributed by atoms with Gasteiger partial charge in [-0.25, -0.2) is 23.5 Å². The quantitative estimate of drug-likeness (QED) is 0.549. The largest absolute Gasteiger partial charge is 0.465 e. The zero-order chi connectivity index (χ0) is 26.0. The first-order valence-electron chi connectivity index (χ1n) is 11.2. The van der Waals surface area contributed by atoms with Gasteiger partial charge in [0.25, 0.3) is 5.92 Å². The fraction of sp³-hybridized carbons (Fsp3) is 0.667. The van der Waals surface area contributed by atoms with Crippen molar-refractivity contribution in [2.75, 3.05) is 19.6 Å². The Bertz CT molecular complexity index is 988. The predicted molar refractivity (Wildman–Crippen MR) is 110 cm³/mol. The van der Waals surface area contributed by atoms with E-state index in [0.717, 1.165) is 4.90 Å². The third-order valence-electron chi connectivity index (χ3n) is 5.88. The maximum Gasteiger partial charge on any atom is 0.433 e. The van der Waals surface area contributed by atoms with Gasteiger partial charge >= 0.3 is 12.3 Å². The van der Waals surface area contributed by atoms with E-state index in [0.29, 0.717) is 6.42 Å². The normalized spacial score (nSPS) is 18.7. The van der Waals surface area contributed by atoms with Gasteiger partial charge < -0.3 is 20.2 Å². The average Bonchev–Trinajstić information content (AvgIpc) is 2.74. The monoisotopic (exact) mass is 507 g/mol. The number of halogens is 5. The molecule has 35 heavy (non-hydrogen) atoms. The fourth-order valence-corrected chi connectivity index (χ4v) is 4.27. The van der Waals surface area contributed by atoms with E-state index in [9.17, 15) is 36.3 Å². The standard InChI is InChI=1S/C21H26F5N5O4/c1-2-3-15-28-14-10-30(7-5-13(14)18(29-15)21(24,25)26)17(33)8-12(27-19(34)35)9-31-11-20(22,23)6-4-16(31)32/h12,27H,2-11H2,1H3,(H,34,35)/t12-/m0/s1. The molecule has 3 rings (SSSR count). The molecule has 0 aliphatic carbocycles. The lowest BCUT2D eigenvalue weighted by atomic mass is 10.0. The van der Waals surface area contributed by atoms with Crippen LogP contribution < -0.4 is 5.32 Å². The van der Waals surface area contributed by atoms with Crippen LogP contribution in [-0.4, -0.2) is 74.4 Å². The first kappa shape index (κ1) is 26.5. The third-order valence-corrected chi connectivity index (χ3v) is 5.88. The van der Waals surface area contributed by atoms with E-state index in [-0.39, 0.29) is 43.0 Å². The van der Waals surface area contributed by atoms with Crippen molar-refractivity contribution >= 4 is 17.9 Å². The van der Waals surface area contributed by atoms with Crippen LogP contribution >= 0.6 is 0 Å². The maximum absolute atomic E-state index is 13.7. The summed E-state index contributed by atoms with van der Waals surface area (Å²) in [6.07, 6.45) is -7.04. The molecule has 3 heterocycles. The number of fused-ring (bicyclic) bond motifs is 1. The number of amides is 3. The van der Waals surface area contributed by atoms with Crippen LogP contribution in [0.5, 0.6) is 0 Å². The molecule has 1 atom stereocenters. The van der Waals surface area contributed by atoms with Crippen LogP contribution in [0.1, 0.15) is 55.4 Å². The lowest BCUT2D eigenvalue weighted by molar-refractivity contribution is -0.148. The number of aryl methyl sites for hydroxylation is 1. The number of piperidine rings is 1. The Balaban J connectivity index is 1.76. The van der Waals surface area contributed by atoms with Gasteiger partial charge in [-0.05, 0) is 12.8 Å². The number of nitrogens with one attached hydrogen (secondary N) is 1. The summed E-state index contributed by atoms with van der Waals surface area (Å²) in [6, 6.07) is -1.17. The number of likely N-dealkylation sites (tertiary alicyclic amines) is 1. The highest BCUT2D eigenvalue weighted by Gasteiger charge is 2.41. The van der Waals surface area contributed by atoms with Crippen LogP contribution in [0.4, 0.5) is 26.7 Å². The summed E-state index contributed by atoms with van der Waals surface area (Å²) >= 11 is 0. The van der Waals surface area contributed by atoms with Gasteiger partial charge in [-0.15, -0.1) is 0 Å². The first-order chi connectivity index (χ1) is 16.3. The number of alkyl halides is 5. The van der Waals surface area contributed by atoms with Crippen molar-refractivity contribution in [3.8, 4) is 0 Å². The summed E-state index contributed by atoms with van der Waals surface area (Å²) < 4.78 is 68.1. The zero-order valence-corrected chi connectivity index (χ0v) is 19.0. The molecule has 0 bridgehead atoms. The Morgan fingerprint density at radius 2 is 1.94 bits per heavy atom. The number of nitrogens with zero attached hydrogens (tertiary/aromatic N) is 4. The number of hydrogen-bond acceptors (Lipinski definition) is 5. The van der Waals surface area contributed by atoms with Gasteiger partial charge in [0.2, 0.25) is 11.8 Å². The van der Waals surface area contributed by atoms with Crippen LogP contribution in [0.15, 0.2) is 0 Å². The minimum absolute atomic E-state index is 0.0165. The summed E-state index contributed by atoms with van der Waals surface area (Å²) in [5.41, 5.74) is -1.03. The van der Waals surface area contributed by atoms with Crippen molar-refractivity contribution in [3.63, 3.8) is 0 Å². The summed E-state index contributed by atoms with van der Waals surface area (Å²) in [6.45, 7) is 0.150. The van der Waals surface area contributed by atoms with Crippen molar-refractivity contribution < 1.29 is 41.4 Å². The molecule has 0 radical (unpaired) electrons. The van der Waals surface area contributed by atoms with Gasteiger partial charge in [-0.2, -0.15) is 13.2 Å². The van der Waals surface area contributed by atoms with Crippen LogP contribution in [0.25, 0.3) is 0 Å². The van der Waals surface area contributed by atoms with Crippen LogP contribution in [-0.2, 0) is 35.2 Å². The molecule has 2 aliphatic heterocycles. The van der Waals surface area contributed by atoms with Gasteiger partial charge in [0.05, 0.1) is 24.8 Å². The molecule has 9 nitrogen and oxygen atoms in total. The summed E-state index contributed by atoms with van der Waals surface area (Å²) in [5.74, 6) is -4.28. The van der Waals surface area contributed by atoms with E-state index < -0.39 is 74.1 Å². The van der Waals surface area contributed by atoms with Crippen LogP contribution in [0.3, 0.4) is 0 Å². The summed E-state index contributed by atoms with van der Waals surface area (Å²) in [4.78, 5) is 46.1. The number of hydrogen-bond donors (Lipinski definition) is 2. The maximum atomic E-state index is 13.7. The van der Waals surface area contributed by atoms with E-state index in [1.54, 1.807) is 6.92 Å². The minimum Gasteiger partial charge on any atom is -0.465 e. The van der Waals surface area contributed by atoms with Gasteiger partial charge in [-0.1, -0.05) is 6.92 Å². The van der Waals surface area contributed by atoms with Gasteiger partial charge in [0, 0.05) is 44.3 Å². The molecule has 2 aliphatic rings. The van der Waals surface area contributed by atoms with E-state index in [1.165, 1.54) is 4.90 Å². The lowest BCUT2D eigenvalue weighted by Crippen LogP contribution is -2.53. The smallest absolute Gasteiger partial charge is 0.433 e. The third kappa shape index (κ3) is 6.75. The summed E-state index contributed by atoms with van der Waals surface area (Å²) in [7, 11) is 0. The topological polar surface area (TPSA) is 116 Å². The molecule has 194 valence electrons. The molecule has 1 saturated heterocycles. The molecule has 3 amide bonds. The second-order valence-corrected chi connectivity index (χ2v) is 8.71. The fourth-order valence-electron chi connectivity index (χ4n) is 4.27. The van der Waals surface area contributed by atoms with Crippen molar-refractivity contribution in [2.45, 2.75) is 70.1 Å². The summed E-state index contributed by atoms with van der Waals surface area (Å²) in [5, 5.41) is 11.2. The molecular formula is C21H26F5N5O4. The van der Waals surface area contributed by atoms with Gasteiger partial charge in [0.15, 0.2) is 5.69 Å². The van der Waals surface area contributed by atoms with Crippen LogP contribution in [0.2, 0.25) is 0 Å². The van der Waals surface area contributed by atoms with Crippen molar-refractivity contribution in [2.24, 2.45) is 0 Å². The highest BCUT2D eigenvalue weighted by Crippen LogP contribution is 2.34. The molecular weight excluding hydrogens is 481 g/mol. The van der Waals surface area contributed by atoms with Gasteiger partial charge in [-0.3, -0.25) is 9.59 Å². The molecule has 1 fully saturated rings. The molecule has 0 unspecified atom stereocenters. The Hall–Kier alpha value is -3.06. The Kier molecular flexibility index (Phi) is 7.80. The number of aromatic nitrogens is 2. The number of carbonyl (C=O) groups excluding carboxylic acids is 2. The van der Waals surface area contributed by atoms with E-state index in [4.69, 9.17) is 5.11 Å². The first-order valence-corrected chi connectivity index (χ1v) is 11.2. The molecule has 0 aromatic carbocycles. The SMILES string of the molecule is CCCc1nc2c(c(C(F)(F)F)n1)CCN(C(=O)C[C@@H](CN1CC(F)(F)CCC1=O)NC(=O)O)C2. The molecule has 0 saturated carbocycles. The highest BCUT2D eigenvalue weighted by molar-refractivity contribution is 5.79. The molecule has 14 heteroatoms. The second kappa shape index (κ2) is 10.3. The van der Waals surface area contributed by atoms with Crippen molar-refractivity contribution in [1.82, 2.24) is 25.1 Å². The second-order valence-electron chi connectivity index (χ2n) is 8.71. The van der Waals surface area contributed by atoms with Gasteiger partial charge in [0.1, 0.15) is 5.82 Å². The molecule has 0 spiro atoms. The Morgan fingerprint density at radius 3 is 2.57 bits per heavy atom. The number of rotatable bonds is 7. The number of carboxylic acid groups (broad SMARTS) is 1. The Labute approximate surface area is 197 Å². The molecule has 1 aromatic rings.